The van der Waals surface area contributed by atoms with Crippen LogP contribution in [0.15, 0.2) is 41.3 Å². The molecular weight excluding hydrogens is 377 g/mol. The van der Waals surface area contributed by atoms with Crippen molar-refractivity contribution in [2.45, 2.75) is 4.90 Å². The lowest BCUT2D eigenvalue weighted by Gasteiger charge is -2.08. The highest BCUT2D eigenvalue weighted by atomic mass is 35.5. The standard InChI is InChI=1S/C12H6Cl3NO5S/c13-7-1-4-11(16(17)18)12(5-7)22(19,20)21-8-2-3-9(14)10(15)6-8/h1-6H. The first-order valence-corrected chi connectivity index (χ1v) is 8.08. The van der Waals surface area contributed by atoms with Crippen LogP contribution in [0.25, 0.3) is 0 Å². The number of hydrogen-bond acceptors (Lipinski definition) is 5. The third-order valence-electron chi connectivity index (χ3n) is 2.48. The zero-order valence-electron chi connectivity index (χ0n) is 10.5. The molecule has 0 saturated heterocycles. The molecule has 0 spiro atoms. The van der Waals surface area contributed by atoms with E-state index in [1.165, 1.54) is 24.3 Å². The Morgan fingerprint density at radius 2 is 1.68 bits per heavy atom. The normalized spacial score (nSPS) is 11.2. The largest absolute Gasteiger partial charge is 0.379 e. The maximum atomic E-state index is 12.2. The molecule has 0 N–H and O–H groups in total. The second kappa shape index (κ2) is 6.29. The van der Waals surface area contributed by atoms with Crippen molar-refractivity contribution >= 4 is 50.6 Å². The second-order valence-corrected chi connectivity index (χ2v) is 6.75. The average molecular weight is 383 g/mol. The van der Waals surface area contributed by atoms with Crippen LogP contribution in [0.1, 0.15) is 0 Å². The van der Waals surface area contributed by atoms with Gasteiger partial charge in [-0.05, 0) is 24.3 Å². The first-order chi connectivity index (χ1) is 10.2. The van der Waals surface area contributed by atoms with Crippen LogP contribution < -0.4 is 4.18 Å². The minimum atomic E-state index is -4.47. The molecule has 2 rings (SSSR count). The third kappa shape index (κ3) is 3.61. The van der Waals surface area contributed by atoms with Crippen LogP contribution >= 0.6 is 34.8 Å². The highest BCUT2D eigenvalue weighted by Gasteiger charge is 2.28. The maximum Gasteiger partial charge on any atom is 0.346 e. The monoisotopic (exact) mass is 381 g/mol. The van der Waals surface area contributed by atoms with Crippen LogP contribution in [-0.4, -0.2) is 13.3 Å². The molecule has 2 aromatic rings. The summed E-state index contributed by atoms with van der Waals surface area (Å²) in [6, 6.07) is 6.90. The summed E-state index contributed by atoms with van der Waals surface area (Å²) in [7, 11) is -4.47. The fraction of sp³-hybridized carbons (Fsp3) is 0. The first kappa shape index (κ1) is 16.8. The van der Waals surface area contributed by atoms with Crippen molar-refractivity contribution in [3.05, 3.63) is 61.6 Å². The van der Waals surface area contributed by atoms with Crippen molar-refractivity contribution in [1.29, 1.82) is 0 Å². The van der Waals surface area contributed by atoms with Crippen molar-refractivity contribution in [2.24, 2.45) is 0 Å². The molecule has 0 heterocycles. The van der Waals surface area contributed by atoms with Gasteiger partial charge >= 0.3 is 10.1 Å². The van der Waals surface area contributed by atoms with Gasteiger partial charge in [0.05, 0.1) is 15.0 Å². The Bertz CT molecular complexity index is 854. The number of rotatable bonds is 4. The number of benzene rings is 2. The van der Waals surface area contributed by atoms with E-state index in [4.69, 9.17) is 39.0 Å². The van der Waals surface area contributed by atoms with Gasteiger partial charge in [0.2, 0.25) is 0 Å². The minimum Gasteiger partial charge on any atom is -0.379 e. The van der Waals surface area contributed by atoms with Gasteiger partial charge in [-0.25, -0.2) is 0 Å². The predicted molar refractivity (Wildman–Crippen MR) is 82.4 cm³/mol. The Kier molecular flexibility index (Phi) is 4.81. The Labute approximate surface area is 140 Å². The molecule has 0 atom stereocenters. The van der Waals surface area contributed by atoms with Gasteiger partial charge in [0.1, 0.15) is 5.75 Å². The number of nitro groups is 1. The van der Waals surface area contributed by atoms with Crippen LogP contribution in [0, 0.1) is 10.1 Å². The van der Waals surface area contributed by atoms with Crippen LogP contribution in [0.5, 0.6) is 5.75 Å². The van der Waals surface area contributed by atoms with E-state index in [0.29, 0.717) is 0 Å². The van der Waals surface area contributed by atoms with Gasteiger partial charge in [-0.15, -0.1) is 0 Å². The minimum absolute atomic E-state index is 0.0157. The number of nitrogens with zero attached hydrogens (tertiary/aromatic N) is 1. The molecule has 0 aromatic heterocycles. The van der Waals surface area contributed by atoms with E-state index >= 15 is 0 Å². The van der Waals surface area contributed by atoms with Gasteiger partial charge in [0.25, 0.3) is 5.69 Å². The summed E-state index contributed by atoms with van der Waals surface area (Å²) in [5, 5.41) is 11.2. The molecule has 2 aromatic carbocycles. The quantitative estimate of drug-likeness (QED) is 0.446. The summed E-state index contributed by atoms with van der Waals surface area (Å²) in [4.78, 5) is 9.43. The molecule has 0 aliphatic heterocycles. The second-order valence-electron chi connectivity index (χ2n) is 3.98. The Morgan fingerprint density at radius 1 is 1.00 bits per heavy atom. The van der Waals surface area contributed by atoms with E-state index in [9.17, 15) is 18.5 Å². The zero-order valence-corrected chi connectivity index (χ0v) is 13.6. The lowest BCUT2D eigenvalue weighted by molar-refractivity contribution is -0.387. The molecular formula is C12H6Cl3NO5S. The number of halogens is 3. The third-order valence-corrected chi connectivity index (χ3v) is 4.74. The summed E-state index contributed by atoms with van der Waals surface area (Å²) in [5.74, 6) is -0.135. The van der Waals surface area contributed by atoms with Gasteiger partial charge in [0.15, 0.2) is 4.90 Å². The fourth-order valence-electron chi connectivity index (χ4n) is 1.54. The average Bonchev–Trinajstić information content (AvgIpc) is 2.42. The van der Waals surface area contributed by atoms with Crippen molar-refractivity contribution in [3.8, 4) is 5.75 Å². The van der Waals surface area contributed by atoms with Gasteiger partial charge in [-0.2, -0.15) is 8.42 Å². The van der Waals surface area contributed by atoms with Crippen LogP contribution in [-0.2, 0) is 10.1 Å². The van der Waals surface area contributed by atoms with E-state index in [2.05, 4.69) is 0 Å². The Balaban J connectivity index is 2.48. The molecule has 0 aliphatic rings. The molecule has 0 aliphatic carbocycles. The van der Waals surface area contributed by atoms with Gasteiger partial charge < -0.3 is 4.18 Å². The Morgan fingerprint density at radius 3 is 2.27 bits per heavy atom. The van der Waals surface area contributed by atoms with Crippen LogP contribution in [0.4, 0.5) is 5.69 Å². The molecule has 22 heavy (non-hydrogen) atoms. The highest BCUT2D eigenvalue weighted by Crippen LogP contribution is 2.31. The predicted octanol–water partition coefficient (Wildman–Crippen LogP) is 4.32. The molecule has 0 radical (unpaired) electrons. The zero-order chi connectivity index (χ0) is 16.5. The number of hydrogen-bond donors (Lipinski definition) is 0. The van der Waals surface area contributed by atoms with E-state index in [1.807, 2.05) is 0 Å². The van der Waals surface area contributed by atoms with Crippen molar-refractivity contribution in [2.75, 3.05) is 0 Å². The molecule has 0 unspecified atom stereocenters. The lowest BCUT2D eigenvalue weighted by atomic mass is 10.3. The highest BCUT2D eigenvalue weighted by molar-refractivity contribution is 7.87. The maximum absolute atomic E-state index is 12.2. The van der Waals surface area contributed by atoms with Crippen molar-refractivity contribution in [1.82, 2.24) is 0 Å². The molecule has 0 fully saturated rings. The van der Waals surface area contributed by atoms with Gasteiger partial charge in [-0.1, -0.05) is 34.8 Å². The summed E-state index contributed by atoms with van der Waals surface area (Å²) in [5.41, 5.74) is -0.649. The summed E-state index contributed by atoms with van der Waals surface area (Å²) >= 11 is 17.2. The molecule has 0 bridgehead atoms. The Hall–Kier alpha value is -1.54. The molecule has 0 saturated carbocycles. The van der Waals surface area contributed by atoms with Gasteiger partial charge in [0, 0.05) is 17.2 Å². The summed E-state index contributed by atoms with van der Waals surface area (Å²) in [6.07, 6.45) is 0. The smallest absolute Gasteiger partial charge is 0.346 e. The fourth-order valence-corrected chi connectivity index (χ4v) is 3.18. The van der Waals surface area contributed by atoms with Gasteiger partial charge in [-0.3, -0.25) is 10.1 Å². The molecule has 10 heteroatoms. The van der Waals surface area contributed by atoms with E-state index in [1.54, 1.807) is 0 Å². The van der Waals surface area contributed by atoms with E-state index in [0.717, 1.165) is 12.1 Å². The van der Waals surface area contributed by atoms with Crippen molar-refractivity contribution < 1.29 is 17.5 Å². The topological polar surface area (TPSA) is 86.5 Å². The van der Waals surface area contributed by atoms with Crippen molar-refractivity contribution in [3.63, 3.8) is 0 Å². The van der Waals surface area contributed by atoms with Crippen LogP contribution in [0.2, 0.25) is 15.1 Å². The van der Waals surface area contributed by atoms with E-state index < -0.39 is 25.6 Å². The summed E-state index contributed by atoms with van der Waals surface area (Å²) < 4.78 is 29.3. The number of nitro benzene ring substituents is 1. The summed E-state index contributed by atoms with van der Waals surface area (Å²) in [6.45, 7) is 0. The SMILES string of the molecule is O=[N+]([O-])c1ccc(Cl)cc1S(=O)(=O)Oc1ccc(Cl)c(Cl)c1. The first-order valence-electron chi connectivity index (χ1n) is 5.54. The molecule has 6 nitrogen and oxygen atoms in total. The van der Waals surface area contributed by atoms with Crippen LogP contribution in [0.3, 0.4) is 0 Å². The van der Waals surface area contributed by atoms with E-state index in [-0.39, 0.29) is 20.8 Å². The molecule has 0 amide bonds. The molecule has 116 valence electrons. The lowest BCUT2D eigenvalue weighted by Crippen LogP contribution is -2.12.